The van der Waals surface area contributed by atoms with E-state index in [0.29, 0.717) is 5.16 Å². The highest BCUT2D eigenvalue weighted by Gasteiger charge is 2.18. The number of aryl methyl sites for hydroxylation is 1. The van der Waals surface area contributed by atoms with Gasteiger partial charge in [0.15, 0.2) is 10.9 Å². The second-order valence-electron chi connectivity index (χ2n) is 5.17. The zero-order valence-electron chi connectivity index (χ0n) is 12.1. The van der Waals surface area contributed by atoms with Crippen LogP contribution >= 0.6 is 11.8 Å². The van der Waals surface area contributed by atoms with Crippen LogP contribution in [0.15, 0.2) is 34.2 Å². The summed E-state index contributed by atoms with van der Waals surface area (Å²) in [6.07, 6.45) is 2.45. The van der Waals surface area contributed by atoms with Gasteiger partial charge in [0.2, 0.25) is 0 Å². The number of nitrogens with one attached hydrogen (secondary N) is 1. The summed E-state index contributed by atoms with van der Waals surface area (Å²) in [6, 6.07) is 5.60. The van der Waals surface area contributed by atoms with E-state index >= 15 is 0 Å². The quantitative estimate of drug-likeness (QED) is 0.296. The summed E-state index contributed by atoms with van der Waals surface area (Å²) in [5.41, 5.74) is 1.55. The molecule has 0 spiro atoms. The van der Waals surface area contributed by atoms with Crippen LogP contribution in [0, 0.1) is 10.1 Å². The molecular weight excluding hydrogens is 318 g/mol. The lowest BCUT2D eigenvalue weighted by Crippen LogP contribution is -2.15. The molecule has 23 heavy (non-hydrogen) atoms. The number of ketones is 1. The lowest BCUT2D eigenvalue weighted by Gasteiger charge is -2.04. The fourth-order valence-corrected chi connectivity index (χ4v) is 3.27. The Labute approximate surface area is 135 Å². The topological polar surface area (TPSA) is 106 Å². The van der Waals surface area contributed by atoms with Gasteiger partial charge >= 0.3 is 0 Å². The van der Waals surface area contributed by atoms with Crippen LogP contribution in [0.4, 0.5) is 5.69 Å². The van der Waals surface area contributed by atoms with Crippen molar-refractivity contribution in [2.24, 2.45) is 0 Å². The van der Waals surface area contributed by atoms with Crippen LogP contribution in [0.5, 0.6) is 0 Å². The van der Waals surface area contributed by atoms with Gasteiger partial charge < -0.3 is 4.98 Å². The predicted octanol–water partition coefficient (Wildman–Crippen LogP) is 2.14. The van der Waals surface area contributed by atoms with Gasteiger partial charge in [-0.05, 0) is 19.3 Å². The van der Waals surface area contributed by atoms with E-state index in [2.05, 4.69) is 9.97 Å². The first-order valence-electron chi connectivity index (χ1n) is 7.07. The first-order valence-corrected chi connectivity index (χ1v) is 8.05. The third-order valence-electron chi connectivity index (χ3n) is 3.64. The molecule has 7 nitrogen and oxygen atoms in total. The number of fused-ring (bicyclic) bond motifs is 1. The molecule has 0 bridgehead atoms. The molecule has 0 amide bonds. The maximum atomic E-state index is 12.1. The van der Waals surface area contributed by atoms with Gasteiger partial charge in [0.1, 0.15) is 0 Å². The Bertz CT molecular complexity index is 847. The molecule has 3 rings (SSSR count). The van der Waals surface area contributed by atoms with Gasteiger partial charge in [0, 0.05) is 23.3 Å². The van der Waals surface area contributed by atoms with Crippen molar-refractivity contribution in [3.05, 3.63) is 61.6 Å². The number of aromatic amines is 1. The van der Waals surface area contributed by atoms with E-state index < -0.39 is 4.92 Å². The fraction of sp³-hybridized carbons (Fsp3) is 0.267. The molecule has 0 atom stereocenters. The fourth-order valence-electron chi connectivity index (χ4n) is 2.50. The van der Waals surface area contributed by atoms with E-state index in [9.17, 15) is 19.7 Å². The molecule has 1 aliphatic carbocycles. The monoisotopic (exact) mass is 331 g/mol. The van der Waals surface area contributed by atoms with Gasteiger partial charge in [-0.15, -0.1) is 0 Å². The number of hydrogen-bond acceptors (Lipinski definition) is 6. The van der Waals surface area contributed by atoms with Crippen LogP contribution in [-0.2, 0) is 12.8 Å². The van der Waals surface area contributed by atoms with Crippen molar-refractivity contribution >= 4 is 23.2 Å². The molecule has 0 fully saturated rings. The van der Waals surface area contributed by atoms with Gasteiger partial charge in [-0.25, -0.2) is 4.98 Å². The maximum absolute atomic E-state index is 12.1. The summed E-state index contributed by atoms with van der Waals surface area (Å²) in [5.74, 6) is -0.190. The highest BCUT2D eigenvalue weighted by Crippen LogP contribution is 2.21. The number of nitro benzene ring substituents is 1. The van der Waals surface area contributed by atoms with E-state index in [1.165, 1.54) is 24.3 Å². The third kappa shape index (κ3) is 3.31. The number of carbonyl (C=O) groups is 1. The molecular formula is C15H13N3O4S. The lowest BCUT2D eigenvalue weighted by molar-refractivity contribution is -0.384. The van der Waals surface area contributed by atoms with Crippen molar-refractivity contribution in [2.45, 2.75) is 24.4 Å². The van der Waals surface area contributed by atoms with Crippen LogP contribution in [0.2, 0.25) is 0 Å². The third-order valence-corrected chi connectivity index (χ3v) is 4.51. The Balaban J connectivity index is 1.72. The SMILES string of the molecule is O=C(CSc1nc2c(c(=O)[nH]1)CCC2)c1cccc([N+](=O)[O-])c1. The van der Waals surface area contributed by atoms with Crippen LogP contribution in [0.3, 0.4) is 0 Å². The van der Waals surface area contributed by atoms with Crippen LogP contribution in [-0.4, -0.2) is 26.4 Å². The number of hydrogen-bond donors (Lipinski definition) is 1. The summed E-state index contributed by atoms with van der Waals surface area (Å²) in [5, 5.41) is 11.2. The van der Waals surface area contributed by atoms with Crippen molar-refractivity contribution < 1.29 is 9.72 Å². The minimum absolute atomic E-state index is 0.0584. The number of non-ortho nitro benzene ring substituents is 1. The average Bonchev–Trinajstić information content (AvgIpc) is 3.02. The summed E-state index contributed by atoms with van der Waals surface area (Å²) in [6.45, 7) is 0. The van der Waals surface area contributed by atoms with Crippen molar-refractivity contribution in [1.29, 1.82) is 0 Å². The summed E-state index contributed by atoms with van der Waals surface area (Å²) in [4.78, 5) is 41.3. The maximum Gasteiger partial charge on any atom is 0.270 e. The van der Waals surface area contributed by atoms with E-state index in [-0.39, 0.29) is 28.3 Å². The second kappa shape index (κ2) is 6.33. The van der Waals surface area contributed by atoms with E-state index in [0.717, 1.165) is 42.3 Å². The highest BCUT2D eigenvalue weighted by molar-refractivity contribution is 7.99. The van der Waals surface area contributed by atoms with Gasteiger partial charge in [0.25, 0.3) is 11.2 Å². The Hall–Kier alpha value is -2.48. The Morgan fingerprint density at radius 1 is 1.39 bits per heavy atom. The summed E-state index contributed by atoms with van der Waals surface area (Å²) in [7, 11) is 0. The number of rotatable bonds is 5. The number of carbonyl (C=O) groups excluding carboxylic acids is 1. The number of Topliss-reactive ketones (excluding diaryl/α,β-unsaturated/α-hetero) is 1. The molecule has 0 unspecified atom stereocenters. The average molecular weight is 331 g/mol. The molecule has 1 aliphatic rings. The molecule has 0 radical (unpaired) electrons. The van der Waals surface area contributed by atoms with Crippen molar-refractivity contribution in [3.8, 4) is 0 Å². The first-order chi connectivity index (χ1) is 11.0. The van der Waals surface area contributed by atoms with Gasteiger partial charge in [-0.2, -0.15) is 0 Å². The molecule has 0 saturated carbocycles. The van der Waals surface area contributed by atoms with E-state index in [1.807, 2.05) is 0 Å². The summed E-state index contributed by atoms with van der Waals surface area (Å²) < 4.78 is 0. The number of aromatic nitrogens is 2. The highest BCUT2D eigenvalue weighted by atomic mass is 32.2. The van der Waals surface area contributed by atoms with Crippen LogP contribution in [0.1, 0.15) is 28.0 Å². The van der Waals surface area contributed by atoms with E-state index in [4.69, 9.17) is 0 Å². The molecule has 1 N–H and O–H groups in total. The Kier molecular flexibility index (Phi) is 4.24. The van der Waals surface area contributed by atoms with Gasteiger partial charge in [-0.3, -0.25) is 19.7 Å². The van der Waals surface area contributed by atoms with E-state index in [1.54, 1.807) is 0 Å². The van der Waals surface area contributed by atoms with Crippen molar-refractivity contribution in [3.63, 3.8) is 0 Å². The van der Waals surface area contributed by atoms with Gasteiger partial charge in [-0.1, -0.05) is 23.9 Å². The molecule has 1 heterocycles. The standard InChI is InChI=1S/C15H13N3O4S/c19-13(9-3-1-4-10(7-9)18(21)22)8-23-15-16-12-6-2-5-11(12)14(20)17-15/h1,3-4,7H,2,5-6,8H2,(H,16,17,20). The van der Waals surface area contributed by atoms with Crippen LogP contribution < -0.4 is 5.56 Å². The number of benzene rings is 1. The van der Waals surface area contributed by atoms with Gasteiger partial charge in [0.05, 0.1) is 16.4 Å². The number of nitro groups is 1. The molecule has 8 heteroatoms. The number of H-pyrrole nitrogens is 1. The zero-order valence-corrected chi connectivity index (χ0v) is 12.9. The smallest absolute Gasteiger partial charge is 0.270 e. The second-order valence-corrected chi connectivity index (χ2v) is 6.13. The molecule has 118 valence electrons. The first kappa shape index (κ1) is 15.4. The minimum atomic E-state index is -0.538. The largest absolute Gasteiger partial charge is 0.301 e. The normalized spacial score (nSPS) is 12.9. The molecule has 1 aromatic heterocycles. The Morgan fingerprint density at radius 2 is 2.22 bits per heavy atom. The molecule has 2 aromatic rings. The molecule has 1 aromatic carbocycles. The minimum Gasteiger partial charge on any atom is -0.301 e. The summed E-state index contributed by atoms with van der Waals surface area (Å²) >= 11 is 1.13. The Morgan fingerprint density at radius 3 is 3.00 bits per heavy atom. The van der Waals surface area contributed by atoms with Crippen LogP contribution in [0.25, 0.3) is 0 Å². The zero-order chi connectivity index (χ0) is 16.4. The number of thioether (sulfide) groups is 1. The number of nitrogens with zero attached hydrogens (tertiary/aromatic N) is 2. The lowest BCUT2D eigenvalue weighted by atomic mass is 10.1. The predicted molar refractivity (Wildman–Crippen MR) is 85.0 cm³/mol. The van der Waals surface area contributed by atoms with Crippen molar-refractivity contribution in [1.82, 2.24) is 9.97 Å². The van der Waals surface area contributed by atoms with Crippen molar-refractivity contribution in [2.75, 3.05) is 5.75 Å². The molecule has 0 aliphatic heterocycles. The molecule has 0 saturated heterocycles.